The molecule has 0 bridgehead atoms. The van der Waals surface area contributed by atoms with Gasteiger partial charge in [0.2, 0.25) is 0 Å². The predicted molar refractivity (Wildman–Crippen MR) is 37.5 cm³/mol. The lowest BCUT2D eigenvalue weighted by molar-refractivity contribution is 0.133. The van der Waals surface area contributed by atoms with Crippen LogP contribution in [0, 0.1) is 5.92 Å². The molecule has 1 saturated heterocycles. The Hall–Kier alpha value is 0.110. The van der Waals surface area contributed by atoms with Crippen LogP contribution in [0.25, 0.3) is 0 Å². The highest BCUT2D eigenvalue weighted by Gasteiger charge is 2.32. The minimum absolute atomic E-state index is 0.194. The van der Waals surface area contributed by atoms with E-state index < -0.39 is 13.8 Å². The van der Waals surface area contributed by atoms with Crippen molar-refractivity contribution >= 4 is 7.60 Å². The van der Waals surface area contributed by atoms with Crippen LogP contribution in [0.3, 0.4) is 0 Å². The molecule has 0 aromatic carbocycles. The number of hydrogen-bond donors (Lipinski definition) is 2. The van der Waals surface area contributed by atoms with Crippen LogP contribution in [0.5, 0.6) is 0 Å². The van der Waals surface area contributed by atoms with Crippen molar-refractivity contribution in [2.75, 3.05) is 6.16 Å². The standard InChI is InChI=1S/C5H12NO3P/c1-4-2-5(6)9-10(7,8)3-4/h4-5H,2-3,6H2,1H3,(H,7,8). The topological polar surface area (TPSA) is 72.5 Å². The molecule has 0 aliphatic carbocycles. The van der Waals surface area contributed by atoms with Crippen LogP contribution in [0.4, 0.5) is 0 Å². The van der Waals surface area contributed by atoms with Gasteiger partial charge in [-0.15, -0.1) is 0 Å². The van der Waals surface area contributed by atoms with E-state index in [4.69, 9.17) is 10.6 Å². The molecule has 0 aromatic rings. The minimum atomic E-state index is -3.32. The monoisotopic (exact) mass is 165 g/mol. The van der Waals surface area contributed by atoms with Crippen LogP contribution in [-0.4, -0.2) is 17.3 Å². The summed E-state index contributed by atoms with van der Waals surface area (Å²) in [5, 5.41) is 0. The Bertz CT molecular complexity index is 158. The molecule has 60 valence electrons. The highest BCUT2D eigenvalue weighted by Crippen LogP contribution is 2.48. The molecular formula is C5H12NO3P. The van der Waals surface area contributed by atoms with E-state index in [0.717, 1.165) is 0 Å². The van der Waals surface area contributed by atoms with E-state index in [1.54, 1.807) is 0 Å². The van der Waals surface area contributed by atoms with E-state index in [0.29, 0.717) is 6.42 Å². The summed E-state index contributed by atoms with van der Waals surface area (Å²) in [6.07, 6.45) is 0.352. The first kappa shape index (κ1) is 8.21. The summed E-state index contributed by atoms with van der Waals surface area (Å²) in [5.41, 5.74) is 5.35. The molecule has 3 N–H and O–H groups in total. The molecule has 0 amide bonds. The van der Waals surface area contributed by atoms with Gasteiger partial charge in [-0.2, -0.15) is 0 Å². The summed E-state index contributed by atoms with van der Waals surface area (Å²) in [5.74, 6) is 0.194. The van der Waals surface area contributed by atoms with Crippen LogP contribution in [0.1, 0.15) is 13.3 Å². The van der Waals surface area contributed by atoms with Gasteiger partial charge < -0.3 is 10.6 Å². The van der Waals surface area contributed by atoms with Crippen LogP contribution in [-0.2, 0) is 9.09 Å². The lowest BCUT2D eigenvalue weighted by Gasteiger charge is -2.27. The van der Waals surface area contributed by atoms with Gasteiger partial charge in [0, 0.05) is 0 Å². The van der Waals surface area contributed by atoms with Crippen molar-refractivity contribution in [1.29, 1.82) is 0 Å². The highest BCUT2D eigenvalue weighted by molar-refractivity contribution is 7.52. The Labute approximate surface area is 59.9 Å². The lowest BCUT2D eigenvalue weighted by Crippen LogP contribution is -2.31. The van der Waals surface area contributed by atoms with Crippen LogP contribution >= 0.6 is 7.60 Å². The van der Waals surface area contributed by atoms with Crippen molar-refractivity contribution in [3.63, 3.8) is 0 Å². The van der Waals surface area contributed by atoms with Crippen molar-refractivity contribution < 1.29 is 14.0 Å². The molecule has 0 saturated carbocycles. The van der Waals surface area contributed by atoms with E-state index in [1.165, 1.54) is 0 Å². The fourth-order valence-corrected chi connectivity index (χ4v) is 2.69. The van der Waals surface area contributed by atoms with Gasteiger partial charge in [0.05, 0.1) is 6.16 Å². The SMILES string of the molecule is CC1CC(N)OP(=O)(O)C1. The summed E-state index contributed by atoms with van der Waals surface area (Å²) < 4.78 is 15.5. The fraction of sp³-hybridized carbons (Fsp3) is 1.00. The zero-order chi connectivity index (χ0) is 7.78. The largest absolute Gasteiger partial charge is 0.329 e. The molecule has 10 heavy (non-hydrogen) atoms. The Morgan fingerprint density at radius 1 is 1.80 bits per heavy atom. The first-order valence-electron chi connectivity index (χ1n) is 3.25. The maximum atomic E-state index is 10.9. The first-order chi connectivity index (χ1) is 4.49. The maximum Gasteiger partial charge on any atom is 0.329 e. The van der Waals surface area contributed by atoms with E-state index in [1.807, 2.05) is 6.92 Å². The molecule has 4 nitrogen and oxygen atoms in total. The third kappa shape index (κ3) is 2.06. The summed E-state index contributed by atoms with van der Waals surface area (Å²) in [4.78, 5) is 8.97. The van der Waals surface area contributed by atoms with Gasteiger partial charge in [0.15, 0.2) is 0 Å². The Morgan fingerprint density at radius 3 is 2.80 bits per heavy atom. The number of rotatable bonds is 0. The van der Waals surface area contributed by atoms with Crippen LogP contribution < -0.4 is 5.73 Å². The van der Waals surface area contributed by atoms with Crippen molar-refractivity contribution in [2.24, 2.45) is 11.7 Å². The average molecular weight is 165 g/mol. The molecule has 0 spiro atoms. The Kier molecular flexibility index (Phi) is 2.15. The van der Waals surface area contributed by atoms with Gasteiger partial charge in [-0.05, 0) is 12.3 Å². The van der Waals surface area contributed by atoms with Crippen LogP contribution in [0.15, 0.2) is 0 Å². The maximum absolute atomic E-state index is 10.9. The molecule has 3 unspecified atom stereocenters. The van der Waals surface area contributed by atoms with Crippen molar-refractivity contribution in [3.8, 4) is 0 Å². The Balaban J connectivity index is 2.60. The predicted octanol–water partition coefficient (Wildman–Crippen LogP) is 0.513. The molecule has 1 heterocycles. The van der Waals surface area contributed by atoms with Gasteiger partial charge in [-0.1, -0.05) is 6.92 Å². The zero-order valence-electron chi connectivity index (χ0n) is 5.86. The second-order valence-corrected chi connectivity index (χ2v) is 4.66. The fourth-order valence-electron chi connectivity index (χ4n) is 1.16. The smallest absolute Gasteiger partial charge is 0.324 e. The number of hydrogen-bond acceptors (Lipinski definition) is 3. The molecule has 1 fully saturated rings. The van der Waals surface area contributed by atoms with Crippen molar-refractivity contribution in [1.82, 2.24) is 0 Å². The normalized spacial score (nSPS) is 49.1. The van der Waals surface area contributed by atoms with Gasteiger partial charge >= 0.3 is 7.60 Å². The number of nitrogens with two attached hydrogens (primary N) is 1. The van der Waals surface area contributed by atoms with Gasteiger partial charge in [0.1, 0.15) is 6.23 Å². The molecule has 1 aliphatic rings. The lowest BCUT2D eigenvalue weighted by atomic mass is 10.1. The van der Waals surface area contributed by atoms with Gasteiger partial charge in [-0.3, -0.25) is 9.09 Å². The average Bonchev–Trinajstić information content (AvgIpc) is 1.54. The molecule has 0 radical (unpaired) electrons. The zero-order valence-corrected chi connectivity index (χ0v) is 6.75. The van der Waals surface area contributed by atoms with E-state index in [9.17, 15) is 4.57 Å². The van der Waals surface area contributed by atoms with E-state index in [-0.39, 0.29) is 12.1 Å². The third-order valence-electron chi connectivity index (χ3n) is 1.48. The van der Waals surface area contributed by atoms with Crippen molar-refractivity contribution in [3.05, 3.63) is 0 Å². The van der Waals surface area contributed by atoms with Gasteiger partial charge in [-0.25, -0.2) is 0 Å². The molecule has 1 aliphatic heterocycles. The third-order valence-corrected chi connectivity index (χ3v) is 3.16. The Morgan fingerprint density at radius 2 is 2.40 bits per heavy atom. The van der Waals surface area contributed by atoms with Gasteiger partial charge in [0.25, 0.3) is 0 Å². The summed E-state index contributed by atoms with van der Waals surface area (Å²) in [7, 11) is -3.32. The minimum Gasteiger partial charge on any atom is -0.324 e. The second kappa shape index (κ2) is 2.62. The summed E-state index contributed by atoms with van der Waals surface area (Å²) >= 11 is 0. The molecule has 1 rings (SSSR count). The quantitative estimate of drug-likeness (QED) is 0.513. The molecule has 5 heteroatoms. The first-order valence-corrected chi connectivity index (χ1v) is 5.02. The van der Waals surface area contributed by atoms with Crippen molar-refractivity contribution in [2.45, 2.75) is 19.6 Å². The molecular weight excluding hydrogens is 153 g/mol. The van der Waals surface area contributed by atoms with Crippen LogP contribution in [0.2, 0.25) is 0 Å². The molecule has 0 aromatic heterocycles. The van der Waals surface area contributed by atoms with E-state index in [2.05, 4.69) is 4.52 Å². The highest BCUT2D eigenvalue weighted by atomic mass is 31.2. The summed E-state index contributed by atoms with van der Waals surface area (Å²) in [6.45, 7) is 1.89. The molecule has 3 atom stereocenters. The van der Waals surface area contributed by atoms with E-state index >= 15 is 0 Å². The second-order valence-electron chi connectivity index (χ2n) is 2.80. The summed E-state index contributed by atoms with van der Waals surface area (Å²) in [6, 6.07) is 0.